The first-order chi connectivity index (χ1) is 15.1. The number of rotatable bonds is 4. The number of amides is 2. The van der Waals surface area contributed by atoms with E-state index < -0.39 is 0 Å². The molecule has 1 saturated heterocycles. The standard InChI is InChI=1S/C22H25ClN6O2/c1-14(15-3-2-4-17(11-15)25-16-5-6-16)24-20-18-12-29(13-19(18)26-21(23)27-20)22(30)28-7-9-31-10-8-28/h2-4,11,16,25H,5-10,12-13H2,1H3. The summed E-state index contributed by atoms with van der Waals surface area (Å²) in [5.41, 5.74) is 4.58. The molecular formula is C22H25ClN6O2. The van der Waals surface area contributed by atoms with Gasteiger partial charge >= 0.3 is 6.03 Å². The molecule has 5 rings (SSSR count). The highest BCUT2D eigenvalue weighted by atomic mass is 35.5. The average Bonchev–Trinajstić information content (AvgIpc) is 3.49. The summed E-state index contributed by atoms with van der Waals surface area (Å²) < 4.78 is 5.35. The maximum absolute atomic E-state index is 12.9. The molecule has 0 atom stereocenters. The van der Waals surface area contributed by atoms with Crippen LogP contribution in [0.15, 0.2) is 29.3 Å². The van der Waals surface area contributed by atoms with Crippen molar-refractivity contribution in [1.82, 2.24) is 19.8 Å². The van der Waals surface area contributed by atoms with Gasteiger partial charge in [0.1, 0.15) is 0 Å². The highest BCUT2D eigenvalue weighted by molar-refractivity contribution is 6.28. The fraction of sp³-hybridized carbons (Fsp3) is 0.455. The summed E-state index contributed by atoms with van der Waals surface area (Å²) in [6.45, 7) is 5.16. The van der Waals surface area contributed by atoms with Crippen LogP contribution in [0.1, 0.15) is 36.6 Å². The van der Waals surface area contributed by atoms with Crippen molar-refractivity contribution < 1.29 is 9.53 Å². The number of nitrogens with one attached hydrogen (secondary N) is 1. The summed E-state index contributed by atoms with van der Waals surface area (Å²) >= 11 is 6.19. The van der Waals surface area contributed by atoms with Crippen molar-refractivity contribution in [2.45, 2.75) is 38.9 Å². The van der Waals surface area contributed by atoms with Crippen LogP contribution in [0.5, 0.6) is 0 Å². The molecule has 31 heavy (non-hydrogen) atoms. The molecule has 9 heteroatoms. The third-order valence-electron chi connectivity index (χ3n) is 5.79. The van der Waals surface area contributed by atoms with Crippen LogP contribution < -0.4 is 5.32 Å². The van der Waals surface area contributed by atoms with Gasteiger partial charge in [0, 0.05) is 36.1 Å². The molecule has 3 heterocycles. The zero-order chi connectivity index (χ0) is 21.4. The van der Waals surface area contributed by atoms with E-state index in [1.54, 1.807) is 4.90 Å². The van der Waals surface area contributed by atoms with Crippen LogP contribution in [-0.4, -0.2) is 63.9 Å². The van der Waals surface area contributed by atoms with Gasteiger partial charge in [0.25, 0.3) is 0 Å². The Morgan fingerprint density at radius 1 is 1.19 bits per heavy atom. The van der Waals surface area contributed by atoms with Gasteiger partial charge in [-0.15, -0.1) is 0 Å². The molecule has 8 nitrogen and oxygen atoms in total. The third-order valence-corrected chi connectivity index (χ3v) is 5.96. The number of fused-ring (bicyclic) bond motifs is 1. The molecule has 1 N–H and O–H groups in total. The van der Waals surface area contributed by atoms with Crippen LogP contribution in [0.3, 0.4) is 0 Å². The Morgan fingerprint density at radius 2 is 2.00 bits per heavy atom. The first-order valence-corrected chi connectivity index (χ1v) is 11.0. The molecule has 2 aliphatic heterocycles. The minimum absolute atomic E-state index is 0.0112. The maximum atomic E-state index is 12.9. The zero-order valence-corrected chi connectivity index (χ0v) is 18.2. The lowest BCUT2D eigenvalue weighted by molar-refractivity contribution is 0.0429. The number of urea groups is 1. The average molecular weight is 441 g/mol. The van der Waals surface area contributed by atoms with Crippen molar-refractivity contribution in [1.29, 1.82) is 0 Å². The van der Waals surface area contributed by atoms with Gasteiger partial charge in [-0.1, -0.05) is 12.1 Å². The van der Waals surface area contributed by atoms with Crippen LogP contribution in [0.2, 0.25) is 5.28 Å². The number of carbonyl (C=O) groups excluding carboxylic acids is 1. The third kappa shape index (κ3) is 4.50. The van der Waals surface area contributed by atoms with Gasteiger partial charge in [0.2, 0.25) is 5.28 Å². The van der Waals surface area contributed by atoms with Crippen LogP contribution in [-0.2, 0) is 17.8 Å². The number of ether oxygens (including phenoxy) is 1. The minimum atomic E-state index is -0.0112. The van der Waals surface area contributed by atoms with Crippen molar-refractivity contribution >= 4 is 34.8 Å². The van der Waals surface area contributed by atoms with Gasteiger partial charge in [-0.05, 0) is 49.1 Å². The van der Waals surface area contributed by atoms with E-state index in [0.29, 0.717) is 51.3 Å². The van der Waals surface area contributed by atoms with E-state index in [1.807, 2.05) is 24.0 Å². The molecule has 0 radical (unpaired) electrons. The number of halogens is 1. The fourth-order valence-corrected chi connectivity index (χ4v) is 4.09. The Bertz CT molecular complexity index is 1030. The summed E-state index contributed by atoms with van der Waals surface area (Å²) in [5.74, 6) is 0.533. The number of aromatic nitrogens is 2. The quantitative estimate of drug-likeness (QED) is 0.580. The number of hydrogen-bond donors (Lipinski definition) is 1. The monoisotopic (exact) mass is 440 g/mol. The summed E-state index contributed by atoms with van der Waals surface area (Å²) in [4.78, 5) is 30.0. The van der Waals surface area contributed by atoms with Gasteiger partial charge in [0.05, 0.1) is 32.0 Å². The van der Waals surface area contributed by atoms with Gasteiger partial charge in [-0.3, -0.25) is 0 Å². The topological polar surface area (TPSA) is 83.0 Å². The van der Waals surface area contributed by atoms with E-state index in [1.165, 1.54) is 12.8 Å². The summed E-state index contributed by atoms with van der Waals surface area (Å²) in [6, 6.07) is 8.82. The highest BCUT2D eigenvalue weighted by Crippen LogP contribution is 2.31. The van der Waals surface area contributed by atoms with Crippen molar-refractivity contribution in [2.24, 2.45) is 4.99 Å². The largest absolute Gasteiger partial charge is 0.382 e. The van der Waals surface area contributed by atoms with Gasteiger partial charge in [0.15, 0.2) is 5.82 Å². The summed E-state index contributed by atoms with van der Waals surface area (Å²) in [7, 11) is 0. The molecular weight excluding hydrogens is 416 g/mol. The Kier molecular flexibility index (Phi) is 5.50. The maximum Gasteiger partial charge on any atom is 0.320 e. The number of morpholine rings is 1. The van der Waals surface area contributed by atoms with Crippen molar-refractivity contribution in [3.05, 3.63) is 46.4 Å². The predicted octanol–water partition coefficient (Wildman–Crippen LogP) is 3.61. The smallest absolute Gasteiger partial charge is 0.320 e. The lowest BCUT2D eigenvalue weighted by Crippen LogP contribution is -2.46. The summed E-state index contributed by atoms with van der Waals surface area (Å²) in [5, 5.41) is 3.66. The normalized spacial score (nSPS) is 18.8. The van der Waals surface area contributed by atoms with E-state index in [9.17, 15) is 4.79 Å². The van der Waals surface area contributed by atoms with Crippen LogP contribution in [0.25, 0.3) is 0 Å². The SMILES string of the molecule is CC(=Nc1nc(Cl)nc2c1CN(C(=O)N1CCOCC1)C2)c1cccc(NC2CC2)c1. The number of anilines is 1. The van der Waals surface area contributed by atoms with Crippen LogP contribution in [0.4, 0.5) is 16.3 Å². The molecule has 1 aromatic carbocycles. The Labute approximate surface area is 186 Å². The molecule has 3 aliphatic rings. The minimum Gasteiger partial charge on any atom is -0.382 e. The number of aliphatic imine (C=N–C) groups is 1. The second-order valence-electron chi connectivity index (χ2n) is 8.18. The number of benzene rings is 1. The first kappa shape index (κ1) is 20.2. The Balaban J connectivity index is 1.38. The lowest BCUT2D eigenvalue weighted by atomic mass is 10.1. The number of nitrogens with zero attached hydrogens (tertiary/aromatic N) is 5. The van der Waals surface area contributed by atoms with Crippen molar-refractivity contribution in [3.8, 4) is 0 Å². The van der Waals surface area contributed by atoms with E-state index >= 15 is 0 Å². The van der Waals surface area contributed by atoms with E-state index in [2.05, 4.69) is 27.4 Å². The molecule has 0 spiro atoms. The molecule has 1 saturated carbocycles. The lowest BCUT2D eigenvalue weighted by Gasteiger charge is -2.30. The fourth-order valence-electron chi connectivity index (χ4n) is 3.91. The van der Waals surface area contributed by atoms with Crippen LogP contribution >= 0.6 is 11.6 Å². The first-order valence-electron chi connectivity index (χ1n) is 10.7. The van der Waals surface area contributed by atoms with E-state index in [4.69, 9.17) is 21.3 Å². The summed E-state index contributed by atoms with van der Waals surface area (Å²) in [6.07, 6.45) is 2.45. The number of carbonyl (C=O) groups is 1. The highest BCUT2D eigenvalue weighted by Gasteiger charge is 2.31. The second-order valence-corrected chi connectivity index (χ2v) is 8.51. The Morgan fingerprint density at radius 3 is 2.77 bits per heavy atom. The molecule has 1 aliphatic carbocycles. The van der Waals surface area contributed by atoms with Gasteiger partial charge in [-0.2, -0.15) is 4.98 Å². The van der Waals surface area contributed by atoms with E-state index in [0.717, 1.165) is 28.2 Å². The molecule has 0 unspecified atom stereocenters. The Hall–Kier alpha value is -2.71. The van der Waals surface area contributed by atoms with Crippen molar-refractivity contribution in [3.63, 3.8) is 0 Å². The second kappa shape index (κ2) is 8.43. The molecule has 0 bridgehead atoms. The molecule has 2 fully saturated rings. The number of hydrogen-bond acceptors (Lipinski definition) is 6. The van der Waals surface area contributed by atoms with Crippen molar-refractivity contribution in [2.75, 3.05) is 31.6 Å². The molecule has 1 aromatic heterocycles. The molecule has 162 valence electrons. The van der Waals surface area contributed by atoms with Gasteiger partial charge < -0.3 is 19.9 Å². The predicted molar refractivity (Wildman–Crippen MR) is 119 cm³/mol. The molecule has 2 amide bonds. The molecule has 2 aromatic rings. The van der Waals surface area contributed by atoms with Gasteiger partial charge in [-0.25, -0.2) is 14.8 Å². The van der Waals surface area contributed by atoms with E-state index in [-0.39, 0.29) is 11.3 Å². The van der Waals surface area contributed by atoms with Crippen LogP contribution in [0, 0.1) is 0 Å². The zero-order valence-electron chi connectivity index (χ0n) is 17.5.